The van der Waals surface area contributed by atoms with Crippen LogP contribution in [0.15, 0.2) is 24.3 Å². The van der Waals surface area contributed by atoms with Gasteiger partial charge in [-0.25, -0.2) is 0 Å². The highest BCUT2D eigenvalue weighted by atomic mass is 35.5. The fourth-order valence-corrected chi connectivity index (χ4v) is 1.06. The van der Waals surface area contributed by atoms with Crippen LogP contribution in [0.25, 0.3) is 0 Å². The van der Waals surface area contributed by atoms with Crippen LogP contribution in [-0.4, -0.2) is 32.1 Å². The lowest BCUT2D eigenvalue weighted by molar-refractivity contribution is 0.260. The van der Waals surface area contributed by atoms with Crippen molar-refractivity contribution in [1.29, 1.82) is 0 Å². The Morgan fingerprint density at radius 1 is 1.21 bits per heavy atom. The van der Waals surface area contributed by atoms with Gasteiger partial charge in [-0.3, -0.25) is 0 Å². The van der Waals surface area contributed by atoms with Crippen molar-refractivity contribution in [3.05, 3.63) is 29.8 Å². The van der Waals surface area contributed by atoms with E-state index in [2.05, 4.69) is 17.9 Å². The van der Waals surface area contributed by atoms with Gasteiger partial charge in [-0.05, 0) is 32.6 Å². The van der Waals surface area contributed by atoms with Crippen LogP contribution in [-0.2, 0) is 0 Å². The van der Waals surface area contributed by atoms with Gasteiger partial charge in [0.25, 0.3) is 0 Å². The van der Waals surface area contributed by atoms with Crippen molar-refractivity contribution in [1.82, 2.24) is 4.90 Å². The highest BCUT2D eigenvalue weighted by molar-refractivity contribution is 5.85. The van der Waals surface area contributed by atoms with Crippen LogP contribution in [0.2, 0.25) is 0 Å². The molecular formula is C11H18ClNO. The van der Waals surface area contributed by atoms with Gasteiger partial charge in [0.05, 0.1) is 0 Å². The summed E-state index contributed by atoms with van der Waals surface area (Å²) >= 11 is 0. The number of aryl methyl sites for hydroxylation is 1. The fourth-order valence-electron chi connectivity index (χ4n) is 1.06. The van der Waals surface area contributed by atoms with E-state index in [4.69, 9.17) is 4.74 Å². The number of likely N-dealkylation sites (N-methyl/N-ethyl adjacent to an activating group) is 1. The molecule has 0 radical (unpaired) electrons. The minimum atomic E-state index is 0. The second kappa shape index (κ2) is 6.68. The molecule has 3 heteroatoms. The molecule has 0 N–H and O–H groups in total. The maximum Gasteiger partial charge on any atom is 0.122 e. The van der Waals surface area contributed by atoms with Crippen molar-refractivity contribution in [3.8, 4) is 5.75 Å². The molecule has 1 rings (SSSR count). The molecule has 14 heavy (non-hydrogen) atoms. The van der Waals surface area contributed by atoms with Crippen molar-refractivity contribution in [2.24, 2.45) is 0 Å². The van der Waals surface area contributed by atoms with Crippen LogP contribution >= 0.6 is 12.4 Å². The summed E-state index contributed by atoms with van der Waals surface area (Å²) in [5, 5.41) is 0. The molecule has 0 amide bonds. The van der Waals surface area contributed by atoms with Crippen LogP contribution in [0, 0.1) is 6.92 Å². The second-order valence-electron chi connectivity index (χ2n) is 3.42. The molecule has 80 valence electrons. The van der Waals surface area contributed by atoms with E-state index < -0.39 is 0 Å². The Labute approximate surface area is 92.3 Å². The third-order valence-electron chi connectivity index (χ3n) is 1.89. The molecule has 0 saturated carbocycles. The lowest BCUT2D eigenvalue weighted by Crippen LogP contribution is -2.19. The van der Waals surface area contributed by atoms with Crippen molar-refractivity contribution in [3.63, 3.8) is 0 Å². The van der Waals surface area contributed by atoms with Crippen molar-refractivity contribution in [2.45, 2.75) is 6.92 Å². The van der Waals surface area contributed by atoms with Crippen molar-refractivity contribution >= 4 is 12.4 Å². The third kappa shape index (κ3) is 4.49. The van der Waals surface area contributed by atoms with E-state index in [1.54, 1.807) is 0 Å². The van der Waals surface area contributed by atoms with Gasteiger partial charge < -0.3 is 9.64 Å². The molecule has 0 unspecified atom stereocenters. The monoisotopic (exact) mass is 215 g/mol. The van der Waals surface area contributed by atoms with E-state index in [9.17, 15) is 0 Å². The quantitative estimate of drug-likeness (QED) is 0.765. The van der Waals surface area contributed by atoms with E-state index in [0.717, 1.165) is 18.9 Å². The average Bonchev–Trinajstić information content (AvgIpc) is 2.08. The summed E-state index contributed by atoms with van der Waals surface area (Å²) in [5.74, 6) is 0.990. The lowest BCUT2D eigenvalue weighted by atomic mass is 10.2. The smallest absolute Gasteiger partial charge is 0.122 e. The number of nitrogens with zero attached hydrogens (tertiary/aromatic N) is 1. The number of benzene rings is 1. The molecule has 1 aromatic rings. The van der Waals surface area contributed by atoms with Gasteiger partial charge in [0.1, 0.15) is 12.4 Å². The molecule has 2 nitrogen and oxygen atoms in total. The zero-order chi connectivity index (χ0) is 9.68. The Hall–Kier alpha value is -0.730. The molecule has 0 aliphatic heterocycles. The maximum absolute atomic E-state index is 5.61. The van der Waals surface area contributed by atoms with Gasteiger partial charge in [0, 0.05) is 6.54 Å². The number of hydrogen-bond acceptors (Lipinski definition) is 2. The molecule has 0 saturated heterocycles. The standard InChI is InChI=1S/C11H17NO.ClH/c1-10-6-4-5-7-11(10)13-9-8-12(2)3;/h4-7H,8-9H2,1-3H3;1H. The highest BCUT2D eigenvalue weighted by Crippen LogP contribution is 2.15. The van der Waals surface area contributed by atoms with Gasteiger partial charge in [0.15, 0.2) is 0 Å². The van der Waals surface area contributed by atoms with Crippen molar-refractivity contribution in [2.75, 3.05) is 27.2 Å². The molecule has 0 atom stereocenters. The Kier molecular flexibility index (Phi) is 6.34. The minimum Gasteiger partial charge on any atom is -0.492 e. The maximum atomic E-state index is 5.61. The van der Waals surface area contributed by atoms with Crippen LogP contribution in [0.5, 0.6) is 5.75 Å². The zero-order valence-electron chi connectivity index (χ0n) is 8.99. The first-order chi connectivity index (χ1) is 6.20. The highest BCUT2D eigenvalue weighted by Gasteiger charge is 1.97. The first kappa shape index (κ1) is 13.3. The molecular weight excluding hydrogens is 198 g/mol. The van der Waals surface area contributed by atoms with Gasteiger partial charge in [-0.15, -0.1) is 12.4 Å². The normalized spacial score (nSPS) is 9.71. The van der Waals surface area contributed by atoms with Crippen LogP contribution in [0.3, 0.4) is 0 Å². The Balaban J connectivity index is 0.00000169. The van der Waals surface area contributed by atoms with E-state index in [1.165, 1.54) is 5.56 Å². The Morgan fingerprint density at radius 2 is 1.86 bits per heavy atom. The van der Waals surface area contributed by atoms with Crippen LogP contribution in [0.1, 0.15) is 5.56 Å². The lowest BCUT2D eigenvalue weighted by Gasteiger charge is -2.12. The van der Waals surface area contributed by atoms with Crippen LogP contribution in [0.4, 0.5) is 0 Å². The number of ether oxygens (including phenoxy) is 1. The SMILES string of the molecule is Cc1ccccc1OCCN(C)C.Cl. The molecule has 1 aromatic carbocycles. The average molecular weight is 216 g/mol. The minimum absolute atomic E-state index is 0. The van der Waals surface area contributed by atoms with Gasteiger partial charge in [-0.2, -0.15) is 0 Å². The summed E-state index contributed by atoms with van der Waals surface area (Å²) in [7, 11) is 4.09. The number of rotatable bonds is 4. The molecule has 0 heterocycles. The Bertz CT molecular complexity index is 263. The first-order valence-corrected chi connectivity index (χ1v) is 4.53. The predicted molar refractivity (Wildman–Crippen MR) is 62.5 cm³/mol. The van der Waals surface area contributed by atoms with Gasteiger partial charge >= 0.3 is 0 Å². The van der Waals surface area contributed by atoms with E-state index in [1.807, 2.05) is 32.3 Å². The summed E-state index contributed by atoms with van der Waals surface area (Å²) in [4.78, 5) is 2.11. The van der Waals surface area contributed by atoms with Gasteiger partial charge in [0.2, 0.25) is 0 Å². The topological polar surface area (TPSA) is 12.5 Å². The van der Waals surface area contributed by atoms with E-state index in [0.29, 0.717) is 0 Å². The number of hydrogen-bond donors (Lipinski definition) is 0. The first-order valence-electron chi connectivity index (χ1n) is 4.53. The van der Waals surface area contributed by atoms with Gasteiger partial charge in [-0.1, -0.05) is 18.2 Å². The largest absolute Gasteiger partial charge is 0.492 e. The molecule has 0 aliphatic rings. The molecule has 0 fully saturated rings. The van der Waals surface area contributed by atoms with Crippen molar-refractivity contribution < 1.29 is 4.74 Å². The summed E-state index contributed by atoms with van der Waals surface area (Å²) in [5.41, 5.74) is 1.20. The van der Waals surface area contributed by atoms with E-state index in [-0.39, 0.29) is 12.4 Å². The predicted octanol–water partition coefficient (Wildman–Crippen LogP) is 2.36. The summed E-state index contributed by atoms with van der Waals surface area (Å²) in [6.07, 6.45) is 0. The summed E-state index contributed by atoms with van der Waals surface area (Å²) in [6.45, 7) is 3.76. The fraction of sp³-hybridized carbons (Fsp3) is 0.455. The zero-order valence-corrected chi connectivity index (χ0v) is 9.80. The molecule has 0 bridgehead atoms. The second-order valence-corrected chi connectivity index (χ2v) is 3.42. The summed E-state index contributed by atoms with van der Waals surface area (Å²) < 4.78 is 5.61. The third-order valence-corrected chi connectivity index (χ3v) is 1.89. The number of halogens is 1. The molecule has 0 spiro atoms. The molecule has 0 aromatic heterocycles. The Morgan fingerprint density at radius 3 is 2.43 bits per heavy atom. The number of para-hydroxylation sites is 1. The van der Waals surface area contributed by atoms with E-state index >= 15 is 0 Å². The molecule has 0 aliphatic carbocycles. The summed E-state index contributed by atoms with van der Waals surface area (Å²) in [6, 6.07) is 8.09. The van der Waals surface area contributed by atoms with Crippen LogP contribution < -0.4 is 4.74 Å².